The Morgan fingerprint density at radius 2 is 1.55 bits per heavy atom. The van der Waals surface area contributed by atoms with Crippen LogP contribution in [-0.2, 0) is 30.3 Å². The number of amides is 5. The minimum absolute atomic E-state index is 0.0292. The molecule has 1 unspecified atom stereocenters. The molecule has 5 amide bonds. The van der Waals surface area contributed by atoms with Crippen molar-refractivity contribution in [2.24, 2.45) is 5.41 Å². The summed E-state index contributed by atoms with van der Waals surface area (Å²) in [6, 6.07) is -2.27. The predicted molar refractivity (Wildman–Crippen MR) is 155 cm³/mol. The highest BCUT2D eigenvalue weighted by molar-refractivity contribution is 7.79. The largest absolute Gasteiger partial charge is 0.772 e. The number of Topliss-reactive ketones (excluding diaryl/α,β-unsaturated/α-hetero) is 1. The Kier molecular flexibility index (Phi) is 10.7. The van der Waals surface area contributed by atoms with E-state index in [0.717, 1.165) is 64.2 Å². The number of likely N-dealkylation sites (tertiary alicyclic amines) is 1. The summed E-state index contributed by atoms with van der Waals surface area (Å²) in [7, 11) is 0. The third kappa shape index (κ3) is 7.69. The molecule has 0 aromatic rings. The van der Waals surface area contributed by atoms with Gasteiger partial charge < -0.3 is 30.7 Å². The lowest BCUT2D eigenvalue weighted by Crippen LogP contribution is -2.65. The lowest BCUT2D eigenvalue weighted by Gasteiger charge is -2.45. The van der Waals surface area contributed by atoms with E-state index in [1.165, 1.54) is 4.90 Å². The summed E-state index contributed by atoms with van der Waals surface area (Å²) in [4.78, 5) is 66.5. The first-order valence-electron chi connectivity index (χ1n) is 15.5. The standard InChI is InChI=1S/C29H47N5O7S/c1-19(42(40)41)29(15-7-4-8-16-29)33-27(39)32-23(28(2)13-5-3-6-14-28)26(38)34-17-9-10-21(34)24(36)30-18-22(35)25(37)31-20-11-12-20/h19-21,23H,3-18H2,1-2H3,(H,30,36)(H,31,37)(H,40,41)(H2,32,33,39)/p-1/t19-,21-,23+/m0/s1. The number of nitrogens with one attached hydrogen (secondary N) is 4. The van der Waals surface area contributed by atoms with Crippen molar-refractivity contribution in [1.82, 2.24) is 26.2 Å². The molecule has 42 heavy (non-hydrogen) atoms. The Balaban J connectivity index is 1.46. The summed E-state index contributed by atoms with van der Waals surface area (Å²) in [5.41, 5.74) is -1.45. The van der Waals surface area contributed by atoms with E-state index in [0.29, 0.717) is 32.2 Å². The molecular formula is C29H46N5O7S-. The van der Waals surface area contributed by atoms with Gasteiger partial charge in [-0.2, -0.15) is 0 Å². The minimum atomic E-state index is -2.38. The van der Waals surface area contributed by atoms with Crippen LogP contribution in [0.3, 0.4) is 0 Å². The fourth-order valence-corrected chi connectivity index (χ4v) is 7.57. The molecule has 0 bridgehead atoms. The summed E-state index contributed by atoms with van der Waals surface area (Å²) in [6.45, 7) is 3.48. The lowest BCUT2D eigenvalue weighted by atomic mass is 9.70. The van der Waals surface area contributed by atoms with E-state index in [1.54, 1.807) is 6.92 Å². The van der Waals surface area contributed by atoms with Crippen LogP contribution in [0.1, 0.15) is 104 Å². The summed E-state index contributed by atoms with van der Waals surface area (Å²) < 4.78 is 23.9. The van der Waals surface area contributed by atoms with Gasteiger partial charge in [0.1, 0.15) is 12.1 Å². The second-order valence-electron chi connectivity index (χ2n) is 12.9. The number of hydrogen-bond donors (Lipinski definition) is 4. The molecule has 12 nitrogen and oxygen atoms in total. The molecule has 1 aliphatic heterocycles. The van der Waals surface area contributed by atoms with E-state index in [-0.39, 0.29) is 11.9 Å². The Bertz CT molecular complexity index is 1070. The molecule has 4 fully saturated rings. The molecule has 0 radical (unpaired) electrons. The molecule has 4 N–H and O–H groups in total. The number of ketones is 1. The smallest absolute Gasteiger partial charge is 0.315 e. The van der Waals surface area contributed by atoms with Gasteiger partial charge >= 0.3 is 6.03 Å². The third-order valence-corrected chi connectivity index (χ3v) is 10.8. The summed E-state index contributed by atoms with van der Waals surface area (Å²) in [5, 5.41) is 10.3. The number of hydrogen-bond acceptors (Lipinski definition) is 7. The number of nitrogens with zero attached hydrogens (tertiary/aromatic N) is 1. The van der Waals surface area contributed by atoms with Crippen LogP contribution in [0, 0.1) is 5.41 Å². The zero-order valence-corrected chi connectivity index (χ0v) is 25.7. The first-order chi connectivity index (χ1) is 20.0. The maximum absolute atomic E-state index is 14.2. The number of urea groups is 1. The van der Waals surface area contributed by atoms with Gasteiger partial charge in [0.05, 0.1) is 12.1 Å². The van der Waals surface area contributed by atoms with Gasteiger partial charge in [0, 0.05) is 17.8 Å². The van der Waals surface area contributed by atoms with Gasteiger partial charge in [0.2, 0.25) is 17.6 Å². The second-order valence-corrected chi connectivity index (χ2v) is 14.2. The molecule has 3 saturated carbocycles. The summed E-state index contributed by atoms with van der Waals surface area (Å²) in [5.74, 6) is -2.31. The van der Waals surface area contributed by atoms with Crippen molar-refractivity contribution in [1.29, 1.82) is 0 Å². The van der Waals surface area contributed by atoms with Gasteiger partial charge in [0.15, 0.2) is 0 Å². The molecule has 236 valence electrons. The third-order valence-electron chi connectivity index (χ3n) is 9.82. The van der Waals surface area contributed by atoms with Crippen molar-refractivity contribution in [2.45, 2.75) is 133 Å². The molecule has 3 aliphatic carbocycles. The van der Waals surface area contributed by atoms with Crippen molar-refractivity contribution >= 4 is 40.6 Å². The number of carbonyl (C=O) groups excluding carboxylic acids is 5. The van der Waals surface area contributed by atoms with Crippen molar-refractivity contribution in [3.05, 3.63) is 0 Å². The maximum Gasteiger partial charge on any atom is 0.315 e. The SMILES string of the molecule is C[C@H](S(=O)[O-])C1(NC(=O)N[C@H](C(=O)N2CCC[C@H]2C(=O)NCC(=O)C(=O)NC2CC2)C2(C)CCCCC2)CCCCC1. The van der Waals surface area contributed by atoms with E-state index in [4.69, 9.17) is 0 Å². The predicted octanol–water partition coefficient (Wildman–Crippen LogP) is 1.55. The van der Waals surface area contributed by atoms with Crippen molar-refractivity contribution in [3.63, 3.8) is 0 Å². The Morgan fingerprint density at radius 3 is 2.14 bits per heavy atom. The summed E-state index contributed by atoms with van der Waals surface area (Å²) in [6.07, 6.45) is 10.6. The van der Waals surface area contributed by atoms with Gasteiger partial charge in [0.25, 0.3) is 5.91 Å². The van der Waals surface area contributed by atoms with Crippen LogP contribution < -0.4 is 21.3 Å². The first kappa shape index (κ1) is 32.4. The topological polar surface area (TPSA) is 177 Å². The van der Waals surface area contributed by atoms with Crippen molar-refractivity contribution < 1.29 is 32.7 Å². The monoisotopic (exact) mass is 608 g/mol. The van der Waals surface area contributed by atoms with Gasteiger partial charge in [-0.05, 0) is 63.7 Å². The van der Waals surface area contributed by atoms with Crippen LogP contribution in [0.4, 0.5) is 4.79 Å². The van der Waals surface area contributed by atoms with E-state index >= 15 is 0 Å². The molecule has 4 rings (SSSR count). The Labute approximate surface area is 250 Å². The van der Waals surface area contributed by atoms with Gasteiger partial charge in [-0.3, -0.25) is 23.4 Å². The van der Waals surface area contributed by atoms with Crippen LogP contribution in [0.15, 0.2) is 0 Å². The van der Waals surface area contributed by atoms with E-state index < -0.39 is 69.5 Å². The highest BCUT2D eigenvalue weighted by atomic mass is 32.2. The van der Waals surface area contributed by atoms with Gasteiger partial charge in [-0.25, -0.2) is 4.79 Å². The van der Waals surface area contributed by atoms with Gasteiger partial charge in [-0.1, -0.05) is 56.5 Å². The van der Waals surface area contributed by atoms with Crippen LogP contribution in [0.25, 0.3) is 0 Å². The zero-order chi connectivity index (χ0) is 30.5. The van der Waals surface area contributed by atoms with Crippen LogP contribution >= 0.6 is 0 Å². The number of rotatable bonds is 11. The van der Waals surface area contributed by atoms with E-state index in [2.05, 4.69) is 21.3 Å². The molecule has 1 heterocycles. The fourth-order valence-electron chi connectivity index (χ4n) is 6.90. The maximum atomic E-state index is 14.2. The number of carbonyl (C=O) groups is 5. The molecule has 0 aromatic carbocycles. The first-order valence-corrected chi connectivity index (χ1v) is 16.7. The quantitative estimate of drug-likeness (QED) is 0.203. The Morgan fingerprint density at radius 1 is 0.929 bits per heavy atom. The van der Waals surface area contributed by atoms with E-state index in [1.807, 2.05) is 6.92 Å². The molecule has 0 aromatic heterocycles. The van der Waals surface area contributed by atoms with E-state index in [9.17, 15) is 32.7 Å². The fraction of sp³-hybridized carbons (Fsp3) is 0.828. The summed E-state index contributed by atoms with van der Waals surface area (Å²) >= 11 is -2.38. The molecular weight excluding hydrogens is 562 g/mol. The lowest BCUT2D eigenvalue weighted by molar-refractivity contribution is -0.143. The van der Waals surface area contributed by atoms with Crippen LogP contribution in [0.5, 0.6) is 0 Å². The molecule has 1 saturated heterocycles. The molecule has 4 aliphatic rings. The highest BCUT2D eigenvalue weighted by Gasteiger charge is 2.47. The minimum Gasteiger partial charge on any atom is -0.772 e. The molecule has 13 heteroatoms. The van der Waals surface area contributed by atoms with Crippen molar-refractivity contribution in [3.8, 4) is 0 Å². The highest BCUT2D eigenvalue weighted by Crippen LogP contribution is 2.40. The average molecular weight is 609 g/mol. The Hall–Kier alpha value is -2.54. The van der Waals surface area contributed by atoms with Crippen molar-refractivity contribution in [2.75, 3.05) is 13.1 Å². The molecule has 0 spiro atoms. The normalized spacial score (nSPS) is 25.4. The van der Waals surface area contributed by atoms with Crippen LogP contribution in [-0.4, -0.2) is 85.2 Å². The zero-order valence-electron chi connectivity index (χ0n) is 24.8. The van der Waals surface area contributed by atoms with Crippen LogP contribution in [0.2, 0.25) is 0 Å². The van der Waals surface area contributed by atoms with Gasteiger partial charge in [-0.15, -0.1) is 0 Å². The average Bonchev–Trinajstić information content (AvgIpc) is 3.65. The second kappa shape index (κ2) is 13.8. The molecule has 4 atom stereocenters.